The fourth-order valence-corrected chi connectivity index (χ4v) is 1.13. The van der Waals surface area contributed by atoms with Crippen LogP contribution in [0, 0.1) is 6.92 Å². The first-order valence-corrected chi connectivity index (χ1v) is 5.42. The zero-order valence-electron chi connectivity index (χ0n) is 10.2. The van der Waals surface area contributed by atoms with E-state index in [0.717, 1.165) is 5.69 Å². The van der Waals surface area contributed by atoms with Gasteiger partial charge in [-0.3, -0.25) is 9.59 Å². The van der Waals surface area contributed by atoms with E-state index >= 15 is 0 Å². The second kappa shape index (κ2) is 6.53. The Morgan fingerprint density at radius 1 is 1.50 bits per heavy atom. The lowest BCUT2D eigenvalue weighted by molar-refractivity contribution is -0.141. The van der Waals surface area contributed by atoms with Crippen molar-refractivity contribution < 1.29 is 19.4 Å². The van der Waals surface area contributed by atoms with Gasteiger partial charge in [0.05, 0.1) is 13.0 Å². The Bertz CT molecular complexity index is 436. The van der Waals surface area contributed by atoms with E-state index in [0.29, 0.717) is 5.88 Å². The number of amides is 1. The van der Waals surface area contributed by atoms with Crippen LogP contribution in [0.25, 0.3) is 0 Å². The van der Waals surface area contributed by atoms with Crippen molar-refractivity contribution in [1.82, 2.24) is 15.3 Å². The number of nitrogens with zero attached hydrogens (tertiary/aromatic N) is 2. The summed E-state index contributed by atoms with van der Waals surface area (Å²) in [6, 6.07) is 0.747. The van der Waals surface area contributed by atoms with Crippen LogP contribution in [0.3, 0.4) is 0 Å². The summed E-state index contributed by atoms with van der Waals surface area (Å²) in [4.78, 5) is 29.6. The maximum atomic E-state index is 11.3. The first-order valence-electron chi connectivity index (χ1n) is 5.42. The van der Waals surface area contributed by atoms with E-state index < -0.39 is 12.0 Å². The SMILES string of the molecule is Cc1cc(OCCC(=O)N[C@@H](C)C(=O)O)ncn1. The first kappa shape index (κ1) is 13.9. The molecule has 0 saturated carbocycles. The van der Waals surface area contributed by atoms with Gasteiger partial charge in [0.2, 0.25) is 11.8 Å². The summed E-state index contributed by atoms with van der Waals surface area (Å²) in [6.07, 6.45) is 1.44. The van der Waals surface area contributed by atoms with E-state index in [9.17, 15) is 9.59 Å². The average molecular weight is 253 g/mol. The quantitative estimate of drug-likeness (QED) is 0.748. The molecule has 1 rings (SSSR count). The summed E-state index contributed by atoms with van der Waals surface area (Å²) < 4.78 is 5.24. The summed E-state index contributed by atoms with van der Waals surface area (Å²) in [7, 11) is 0. The monoisotopic (exact) mass is 253 g/mol. The van der Waals surface area contributed by atoms with Gasteiger partial charge in [-0.1, -0.05) is 0 Å². The van der Waals surface area contributed by atoms with Crippen molar-refractivity contribution in [3.8, 4) is 5.88 Å². The molecule has 98 valence electrons. The summed E-state index contributed by atoms with van der Waals surface area (Å²) in [5, 5.41) is 10.9. The van der Waals surface area contributed by atoms with Crippen molar-refractivity contribution in [2.45, 2.75) is 26.3 Å². The predicted octanol–water partition coefficient (Wildman–Crippen LogP) is 0.143. The van der Waals surface area contributed by atoms with Crippen LogP contribution in [-0.4, -0.2) is 39.6 Å². The zero-order valence-corrected chi connectivity index (χ0v) is 10.2. The Labute approximate surface area is 104 Å². The van der Waals surface area contributed by atoms with Crippen LogP contribution in [-0.2, 0) is 9.59 Å². The maximum Gasteiger partial charge on any atom is 0.325 e. The highest BCUT2D eigenvalue weighted by atomic mass is 16.5. The summed E-state index contributed by atoms with van der Waals surface area (Å²) in [5.74, 6) is -1.06. The van der Waals surface area contributed by atoms with Crippen LogP contribution in [0.5, 0.6) is 5.88 Å². The average Bonchev–Trinajstić information content (AvgIpc) is 2.28. The van der Waals surface area contributed by atoms with Gasteiger partial charge >= 0.3 is 5.97 Å². The van der Waals surface area contributed by atoms with E-state index in [-0.39, 0.29) is 18.9 Å². The van der Waals surface area contributed by atoms with Gasteiger partial charge in [0, 0.05) is 11.8 Å². The molecule has 0 aliphatic heterocycles. The highest BCUT2D eigenvalue weighted by Crippen LogP contribution is 2.05. The van der Waals surface area contributed by atoms with Crippen LogP contribution in [0.1, 0.15) is 19.0 Å². The van der Waals surface area contributed by atoms with Gasteiger partial charge in [0.25, 0.3) is 0 Å². The lowest BCUT2D eigenvalue weighted by Gasteiger charge is -2.09. The van der Waals surface area contributed by atoms with Crippen molar-refractivity contribution in [3.05, 3.63) is 18.1 Å². The number of carbonyl (C=O) groups is 2. The summed E-state index contributed by atoms with van der Waals surface area (Å²) in [6.45, 7) is 3.33. The Morgan fingerprint density at radius 2 is 2.22 bits per heavy atom. The Morgan fingerprint density at radius 3 is 2.83 bits per heavy atom. The van der Waals surface area contributed by atoms with Gasteiger partial charge in [0.15, 0.2) is 0 Å². The summed E-state index contributed by atoms with van der Waals surface area (Å²) >= 11 is 0. The number of carbonyl (C=O) groups excluding carboxylic acids is 1. The minimum atomic E-state index is -1.07. The number of rotatable bonds is 6. The van der Waals surface area contributed by atoms with Gasteiger partial charge in [0.1, 0.15) is 12.4 Å². The molecule has 1 aromatic rings. The normalized spacial score (nSPS) is 11.7. The van der Waals surface area contributed by atoms with E-state index in [4.69, 9.17) is 9.84 Å². The standard InChI is InChI=1S/C11H15N3O4/c1-7-5-10(13-6-12-7)18-4-3-9(15)14-8(2)11(16)17/h5-6,8H,3-4H2,1-2H3,(H,14,15)(H,16,17)/t8-/m0/s1. The number of aromatic nitrogens is 2. The number of carboxylic acid groups (broad SMARTS) is 1. The minimum absolute atomic E-state index is 0.0701. The third-order valence-electron chi connectivity index (χ3n) is 2.11. The van der Waals surface area contributed by atoms with E-state index in [1.807, 2.05) is 0 Å². The number of aryl methyl sites for hydroxylation is 1. The molecule has 7 heteroatoms. The highest BCUT2D eigenvalue weighted by molar-refractivity contribution is 5.83. The lowest BCUT2D eigenvalue weighted by atomic mass is 10.3. The largest absolute Gasteiger partial charge is 0.480 e. The Hall–Kier alpha value is -2.18. The molecule has 1 atom stereocenters. The van der Waals surface area contributed by atoms with Crippen molar-refractivity contribution >= 4 is 11.9 Å². The number of ether oxygens (including phenoxy) is 1. The predicted molar refractivity (Wildman–Crippen MR) is 62.1 cm³/mol. The molecule has 1 heterocycles. The number of carboxylic acids is 1. The molecule has 7 nitrogen and oxygen atoms in total. The number of hydrogen-bond donors (Lipinski definition) is 2. The molecule has 0 saturated heterocycles. The third kappa shape index (κ3) is 4.77. The molecule has 0 bridgehead atoms. The van der Waals surface area contributed by atoms with Gasteiger partial charge < -0.3 is 15.2 Å². The molecule has 0 aromatic carbocycles. The molecule has 0 unspecified atom stereocenters. The van der Waals surface area contributed by atoms with E-state index in [2.05, 4.69) is 15.3 Å². The van der Waals surface area contributed by atoms with Crippen LogP contribution in [0.2, 0.25) is 0 Å². The molecule has 0 fully saturated rings. The van der Waals surface area contributed by atoms with Crippen LogP contribution in [0.15, 0.2) is 12.4 Å². The van der Waals surface area contributed by atoms with Gasteiger partial charge in [-0.15, -0.1) is 0 Å². The molecule has 0 spiro atoms. The molecule has 0 aliphatic carbocycles. The number of nitrogens with one attached hydrogen (secondary N) is 1. The van der Waals surface area contributed by atoms with Gasteiger partial charge in [-0.25, -0.2) is 9.97 Å². The van der Waals surface area contributed by atoms with Gasteiger partial charge in [-0.05, 0) is 13.8 Å². The topological polar surface area (TPSA) is 101 Å². The van der Waals surface area contributed by atoms with Gasteiger partial charge in [-0.2, -0.15) is 0 Å². The second-order valence-corrected chi connectivity index (χ2v) is 3.72. The first-order chi connectivity index (χ1) is 8.49. The zero-order chi connectivity index (χ0) is 13.5. The molecular formula is C11H15N3O4. The number of aliphatic carboxylic acids is 1. The summed E-state index contributed by atoms with van der Waals surface area (Å²) in [5.41, 5.74) is 0.768. The molecule has 1 amide bonds. The second-order valence-electron chi connectivity index (χ2n) is 3.72. The van der Waals surface area contributed by atoms with Crippen molar-refractivity contribution in [3.63, 3.8) is 0 Å². The fourth-order valence-electron chi connectivity index (χ4n) is 1.13. The van der Waals surface area contributed by atoms with Crippen molar-refractivity contribution in [2.24, 2.45) is 0 Å². The van der Waals surface area contributed by atoms with E-state index in [1.165, 1.54) is 13.3 Å². The highest BCUT2D eigenvalue weighted by Gasteiger charge is 2.13. The van der Waals surface area contributed by atoms with Crippen molar-refractivity contribution in [1.29, 1.82) is 0 Å². The smallest absolute Gasteiger partial charge is 0.325 e. The third-order valence-corrected chi connectivity index (χ3v) is 2.11. The number of hydrogen-bond acceptors (Lipinski definition) is 5. The molecule has 1 aromatic heterocycles. The molecule has 2 N–H and O–H groups in total. The van der Waals surface area contributed by atoms with Crippen molar-refractivity contribution in [2.75, 3.05) is 6.61 Å². The Kier molecular flexibility index (Phi) is 5.04. The maximum absolute atomic E-state index is 11.3. The Balaban J connectivity index is 2.29. The molecule has 0 aliphatic rings. The fraction of sp³-hybridized carbons (Fsp3) is 0.455. The van der Waals surface area contributed by atoms with Crippen LogP contribution >= 0.6 is 0 Å². The molecule has 0 radical (unpaired) electrons. The minimum Gasteiger partial charge on any atom is -0.480 e. The molecule has 18 heavy (non-hydrogen) atoms. The van der Waals surface area contributed by atoms with E-state index in [1.54, 1.807) is 13.0 Å². The lowest BCUT2D eigenvalue weighted by Crippen LogP contribution is -2.38. The molecular weight excluding hydrogens is 238 g/mol. The van der Waals surface area contributed by atoms with Crippen LogP contribution < -0.4 is 10.1 Å². The van der Waals surface area contributed by atoms with Crippen LogP contribution in [0.4, 0.5) is 0 Å².